The molecule has 0 bridgehead atoms. The van der Waals surface area contributed by atoms with Crippen LogP contribution < -0.4 is 5.32 Å². The van der Waals surface area contributed by atoms with Gasteiger partial charge in [0.15, 0.2) is 0 Å². The Morgan fingerprint density at radius 3 is 2.79 bits per heavy atom. The molecule has 0 atom stereocenters. The largest absolute Gasteiger partial charge is 0.389 e. The van der Waals surface area contributed by atoms with Crippen LogP contribution in [-0.4, -0.2) is 26.8 Å². The van der Waals surface area contributed by atoms with Gasteiger partial charge in [-0.05, 0) is 19.3 Å². The Bertz CT molecular complexity index is 427. The van der Waals surface area contributed by atoms with Gasteiger partial charge >= 0.3 is 0 Å². The first kappa shape index (κ1) is 14.4. The van der Waals surface area contributed by atoms with E-state index in [0.29, 0.717) is 5.13 Å². The summed E-state index contributed by atoms with van der Waals surface area (Å²) in [5.74, 6) is -0.163. The van der Waals surface area contributed by atoms with Crippen molar-refractivity contribution in [2.24, 2.45) is 0 Å². The SMILES string of the molecule is CCCc1nnc(NC(=O)CC2(O)CCCCC2)s1. The van der Waals surface area contributed by atoms with Crippen molar-refractivity contribution in [3.8, 4) is 0 Å². The van der Waals surface area contributed by atoms with Gasteiger partial charge in [0.25, 0.3) is 0 Å². The van der Waals surface area contributed by atoms with E-state index in [1.165, 1.54) is 11.3 Å². The first-order valence-corrected chi connectivity index (χ1v) is 7.77. The van der Waals surface area contributed by atoms with Gasteiger partial charge in [0, 0.05) is 6.42 Å². The minimum Gasteiger partial charge on any atom is -0.389 e. The van der Waals surface area contributed by atoms with Crippen molar-refractivity contribution in [3.63, 3.8) is 0 Å². The second-order valence-corrected chi connectivity index (χ2v) is 6.32. The number of carbonyl (C=O) groups excluding carboxylic acids is 1. The first-order chi connectivity index (χ1) is 9.11. The molecule has 106 valence electrons. The lowest BCUT2D eigenvalue weighted by molar-refractivity contribution is -0.122. The van der Waals surface area contributed by atoms with Gasteiger partial charge in [-0.25, -0.2) is 0 Å². The normalized spacial score (nSPS) is 18.2. The highest BCUT2D eigenvalue weighted by atomic mass is 32.1. The lowest BCUT2D eigenvalue weighted by Crippen LogP contribution is -2.35. The fourth-order valence-corrected chi connectivity index (χ4v) is 3.33. The summed E-state index contributed by atoms with van der Waals surface area (Å²) in [5, 5.41) is 22.5. The average Bonchev–Trinajstić information content (AvgIpc) is 2.77. The van der Waals surface area contributed by atoms with Gasteiger partial charge in [-0.15, -0.1) is 10.2 Å². The van der Waals surface area contributed by atoms with Gasteiger partial charge in [0.05, 0.1) is 12.0 Å². The van der Waals surface area contributed by atoms with E-state index in [2.05, 4.69) is 22.4 Å². The Balaban J connectivity index is 1.86. The molecule has 5 nitrogen and oxygen atoms in total. The highest BCUT2D eigenvalue weighted by molar-refractivity contribution is 7.15. The van der Waals surface area contributed by atoms with Gasteiger partial charge in [0.2, 0.25) is 11.0 Å². The van der Waals surface area contributed by atoms with Crippen LogP contribution in [0.1, 0.15) is 56.9 Å². The molecule has 19 heavy (non-hydrogen) atoms. The van der Waals surface area contributed by atoms with E-state index in [-0.39, 0.29) is 12.3 Å². The minimum absolute atomic E-state index is 0.162. The highest BCUT2D eigenvalue weighted by Gasteiger charge is 2.31. The summed E-state index contributed by atoms with van der Waals surface area (Å²) in [7, 11) is 0. The summed E-state index contributed by atoms with van der Waals surface area (Å²) in [6.45, 7) is 2.08. The van der Waals surface area contributed by atoms with E-state index in [9.17, 15) is 9.90 Å². The van der Waals surface area contributed by atoms with Crippen molar-refractivity contribution in [2.75, 3.05) is 5.32 Å². The molecule has 1 aromatic rings. The summed E-state index contributed by atoms with van der Waals surface area (Å²) in [4.78, 5) is 11.9. The zero-order chi connectivity index (χ0) is 13.7. The van der Waals surface area contributed by atoms with Crippen molar-refractivity contribution < 1.29 is 9.90 Å². The summed E-state index contributed by atoms with van der Waals surface area (Å²) in [6, 6.07) is 0. The lowest BCUT2D eigenvalue weighted by atomic mass is 9.82. The van der Waals surface area contributed by atoms with E-state index in [0.717, 1.165) is 50.0 Å². The predicted molar refractivity (Wildman–Crippen MR) is 75.2 cm³/mol. The summed E-state index contributed by atoms with van der Waals surface area (Å²) >= 11 is 1.41. The predicted octanol–water partition coefficient (Wildman–Crippen LogP) is 2.51. The number of carbonyl (C=O) groups is 1. The monoisotopic (exact) mass is 283 g/mol. The van der Waals surface area contributed by atoms with Crippen LogP contribution in [0.25, 0.3) is 0 Å². The molecule has 0 spiro atoms. The molecule has 1 fully saturated rings. The number of aryl methyl sites for hydroxylation is 1. The second-order valence-electron chi connectivity index (χ2n) is 5.26. The van der Waals surface area contributed by atoms with E-state index in [4.69, 9.17) is 0 Å². The number of hydrogen-bond donors (Lipinski definition) is 2. The number of nitrogens with one attached hydrogen (secondary N) is 1. The smallest absolute Gasteiger partial charge is 0.229 e. The van der Waals surface area contributed by atoms with Crippen LogP contribution in [-0.2, 0) is 11.2 Å². The van der Waals surface area contributed by atoms with Gasteiger partial charge in [0.1, 0.15) is 5.01 Å². The van der Waals surface area contributed by atoms with Crippen LogP contribution >= 0.6 is 11.3 Å². The number of hydrogen-bond acceptors (Lipinski definition) is 5. The molecule has 6 heteroatoms. The maximum Gasteiger partial charge on any atom is 0.229 e. The van der Waals surface area contributed by atoms with E-state index < -0.39 is 5.60 Å². The molecule has 1 aliphatic rings. The molecule has 0 aliphatic heterocycles. The van der Waals surface area contributed by atoms with Crippen LogP contribution in [0.15, 0.2) is 0 Å². The van der Waals surface area contributed by atoms with Crippen LogP contribution in [0.4, 0.5) is 5.13 Å². The Hall–Kier alpha value is -1.01. The van der Waals surface area contributed by atoms with Crippen LogP contribution in [0, 0.1) is 0 Å². The van der Waals surface area contributed by atoms with Crippen LogP contribution in [0.3, 0.4) is 0 Å². The van der Waals surface area contributed by atoms with Gasteiger partial charge in [-0.2, -0.15) is 0 Å². The average molecular weight is 283 g/mol. The summed E-state index contributed by atoms with van der Waals surface area (Å²) in [6.07, 6.45) is 6.66. The number of amides is 1. The van der Waals surface area contributed by atoms with Crippen molar-refractivity contribution in [2.45, 2.75) is 63.9 Å². The number of aromatic nitrogens is 2. The third kappa shape index (κ3) is 4.24. The Kier molecular flexibility index (Phi) is 4.87. The number of rotatable bonds is 5. The third-order valence-corrected chi connectivity index (χ3v) is 4.35. The van der Waals surface area contributed by atoms with Gasteiger partial charge in [-0.3, -0.25) is 4.79 Å². The molecule has 1 aliphatic carbocycles. The minimum atomic E-state index is -0.820. The molecule has 1 aromatic heterocycles. The molecule has 0 radical (unpaired) electrons. The van der Waals surface area contributed by atoms with Crippen molar-refractivity contribution in [1.29, 1.82) is 0 Å². The van der Waals surface area contributed by atoms with Crippen molar-refractivity contribution in [1.82, 2.24) is 10.2 Å². The molecule has 1 amide bonds. The fraction of sp³-hybridized carbons (Fsp3) is 0.769. The number of anilines is 1. The zero-order valence-corrected chi connectivity index (χ0v) is 12.1. The van der Waals surface area contributed by atoms with Crippen molar-refractivity contribution in [3.05, 3.63) is 5.01 Å². The van der Waals surface area contributed by atoms with E-state index in [1.807, 2.05) is 0 Å². The molecule has 0 unspecified atom stereocenters. The van der Waals surface area contributed by atoms with E-state index >= 15 is 0 Å². The zero-order valence-electron chi connectivity index (χ0n) is 11.3. The number of aliphatic hydroxyl groups is 1. The second kappa shape index (κ2) is 6.43. The molecular formula is C13H21N3O2S. The Morgan fingerprint density at radius 2 is 2.11 bits per heavy atom. The van der Waals surface area contributed by atoms with Gasteiger partial charge < -0.3 is 10.4 Å². The Labute approximate surface area is 117 Å². The standard InChI is InChI=1S/C13H21N3O2S/c1-2-6-11-15-16-12(19-11)14-10(17)9-13(18)7-4-3-5-8-13/h18H,2-9H2,1H3,(H,14,16,17). The third-order valence-electron chi connectivity index (χ3n) is 3.45. The molecule has 0 saturated heterocycles. The number of nitrogens with zero attached hydrogens (tertiary/aromatic N) is 2. The molecule has 1 saturated carbocycles. The molecule has 1 heterocycles. The van der Waals surface area contributed by atoms with Crippen molar-refractivity contribution >= 4 is 22.4 Å². The Morgan fingerprint density at radius 1 is 1.37 bits per heavy atom. The highest BCUT2D eigenvalue weighted by Crippen LogP contribution is 2.31. The van der Waals surface area contributed by atoms with Gasteiger partial charge in [-0.1, -0.05) is 37.5 Å². The van der Waals surface area contributed by atoms with Crippen LogP contribution in [0.2, 0.25) is 0 Å². The van der Waals surface area contributed by atoms with E-state index in [1.54, 1.807) is 0 Å². The molecule has 2 N–H and O–H groups in total. The molecule has 2 rings (SSSR count). The summed E-state index contributed by atoms with van der Waals surface area (Å²) < 4.78 is 0. The maximum atomic E-state index is 11.9. The maximum absolute atomic E-state index is 11.9. The molecular weight excluding hydrogens is 262 g/mol. The lowest BCUT2D eigenvalue weighted by Gasteiger charge is -2.31. The fourth-order valence-electron chi connectivity index (χ4n) is 2.47. The molecule has 0 aromatic carbocycles. The quantitative estimate of drug-likeness (QED) is 0.870. The van der Waals surface area contributed by atoms with Crippen LogP contribution in [0.5, 0.6) is 0 Å². The first-order valence-electron chi connectivity index (χ1n) is 6.96. The topological polar surface area (TPSA) is 75.1 Å². The summed E-state index contributed by atoms with van der Waals surface area (Å²) in [5.41, 5.74) is -0.820.